The molecule has 2 heterocycles. The zero-order valence-corrected chi connectivity index (χ0v) is 22.7. The third-order valence-electron chi connectivity index (χ3n) is 5.71. The predicted octanol–water partition coefficient (Wildman–Crippen LogP) is 3.02. The van der Waals surface area contributed by atoms with Gasteiger partial charge < -0.3 is 20.4 Å². The van der Waals surface area contributed by atoms with Crippen molar-refractivity contribution in [2.45, 2.75) is 60.2 Å². The van der Waals surface area contributed by atoms with E-state index < -0.39 is 0 Å². The molecule has 8 heteroatoms. The summed E-state index contributed by atoms with van der Waals surface area (Å²) in [5.74, 6) is 1.95. The van der Waals surface area contributed by atoms with Crippen molar-refractivity contribution in [1.82, 2.24) is 25.4 Å². The van der Waals surface area contributed by atoms with E-state index in [-0.39, 0.29) is 24.0 Å². The molecule has 0 unspecified atom stereocenters. The Morgan fingerprint density at radius 2 is 1.77 bits per heavy atom. The number of halogens is 1. The normalized spacial score (nSPS) is 15.5. The predicted molar refractivity (Wildman–Crippen MR) is 144 cm³/mol. The first-order valence-corrected chi connectivity index (χ1v) is 11.6. The molecule has 0 spiro atoms. The molecular formula is C23H44IN7. The Kier molecular flexibility index (Phi) is 13.4. The molecular weight excluding hydrogens is 501 g/mol. The molecule has 0 radical (unpaired) electrons. The lowest BCUT2D eigenvalue weighted by molar-refractivity contribution is 0.178. The summed E-state index contributed by atoms with van der Waals surface area (Å²) in [5.41, 5.74) is 1.20. The highest BCUT2D eigenvalue weighted by molar-refractivity contribution is 14.0. The van der Waals surface area contributed by atoms with Gasteiger partial charge in [-0.05, 0) is 58.9 Å². The number of pyridine rings is 1. The van der Waals surface area contributed by atoms with Crippen molar-refractivity contribution >= 4 is 35.8 Å². The summed E-state index contributed by atoms with van der Waals surface area (Å²) in [4.78, 5) is 16.8. The highest BCUT2D eigenvalue weighted by Gasteiger charge is 2.17. The molecule has 0 aromatic carbocycles. The zero-order chi connectivity index (χ0) is 21.9. The zero-order valence-electron chi connectivity index (χ0n) is 20.4. The van der Waals surface area contributed by atoms with Crippen LogP contribution in [0.1, 0.15) is 47.1 Å². The maximum atomic E-state index is 4.80. The smallest absolute Gasteiger partial charge is 0.191 e. The molecule has 0 aliphatic carbocycles. The van der Waals surface area contributed by atoms with Crippen molar-refractivity contribution in [3.8, 4) is 0 Å². The molecule has 1 aliphatic heterocycles. The number of likely N-dealkylation sites (N-methyl/N-ethyl adjacent to an activating group) is 1. The minimum Gasteiger partial charge on any atom is -0.357 e. The van der Waals surface area contributed by atoms with Gasteiger partial charge in [0.15, 0.2) is 5.96 Å². The minimum absolute atomic E-state index is 0. The van der Waals surface area contributed by atoms with Gasteiger partial charge in [-0.15, -0.1) is 24.0 Å². The van der Waals surface area contributed by atoms with Crippen LogP contribution in [0.3, 0.4) is 0 Å². The van der Waals surface area contributed by atoms with Gasteiger partial charge in [-0.25, -0.2) is 9.98 Å². The Hall–Kier alpha value is -1.13. The summed E-state index contributed by atoms with van der Waals surface area (Å²) < 4.78 is 0. The van der Waals surface area contributed by atoms with E-state index in [9.17, 15) is 0 Å². The molecule has 2 rings (SSSR count). The van der Waals surface area contributed by atoms with Gasteiger partial charge in [0.25, 0.3) is 0 Å². The topological polar surface area (TPSA) is 59.0 Å². The van der Waals surface area contributed by atoms with E-state index in [2.05, 4.69) is 84.0 Å². The Morgan fingerprint density at radius 3 is 2.35 bits per heavy atom. The molecule has 7 nitrogen and oxygen atoms in total. The van der Waals surface area contributed by atoms with Crippen LogP contribution in [0.5, 0.6) is 0 Å². The number of hydrogen-bond donors (Lipinski definition) is 2. The number of piperazine rings is 1. The Morgan fingerprint density at radius 1 is 1.10 bits per heavy atom. The van der Waals surface area contributed by atoms with Crippen LogP contribution in [0.15, 0.2) is 23.3 Å². The largest absolute Gasteiger partial charge is 0.357 e. The van der Waals surface area contributed by atoms with Crippen molar-refractivity contribution < 1.29 is 0 Å². The quantitative estimate of drug-likeness (QED) is 0.268. The number of guanidine groups is 1. The highest BCUT2D eigenvalue weighted by Crippen LogP contribution is 2.15. The molecule has 1 fully saturated rings. The Bertz CT molecular complexity index is 635. The summed E-state index contributed by atoms with van der Waals surface area (Å²) in [7, 11) is 0. The van der Waals surface area contributed by atoms with E-state index in [1.807, 2.05) is 6.20 Å². The Balaban J connectivity index is 0.00000480. The molecule has 2 N–H and O–H groups in total. The van der Waals surface area contributed by atoms with Crippen molar-refractivity contribution in [3.63, 3.8) is 0 Å². The van der Waals surface area contributed by atoms with E-state index in [1.54, 1.807) is 0 Å². The van der Waals surface area contributed by atoms with E-state index in [4.69, 9.17) is 4.99 Å². The van der Waals surface area contributed by atoms with Gasteiger partial charge in [0.1, 0.15) is 5.82 Å². The van der Waals surface area contributed by atoms with E-state index in [0.29, 0.717) is 18.6 Å². The maximum Gasteiger partial charge on any atom is 0.191 e. The van der Waals surface area contributed by atoms with Crippen LogP contribution >= 0.6 is 24.0 Å². The van der Waals surface area contributed by atoms with E-state index in [0.717, 1.165) is 64.1 Å². The molecule has 0 amide bonds. The molecule has 1 saturated heterocycles. The summed E-state index contributed by atoms with van der Waals surface area (Å²) >= 11 is 0. The lowest BCUT2D eigenvalue weighted by Crippen LogP contribution is -2.46. The summed E-state index contributed by atoms with van der Waals surface area (Å²) in [6.07, 6.45) is 1.91. The molecule has 31 heavy (non-hydrogen) atoms. The number of nitrogens with one attached hydrogen (secondary N) is 2. The minimum atomic E-state index is 0. The van der Waals surface area contributed by atoms with Crippen molar-refractivity contribution in [3.05, 3.63) is 23.9 Å². The maximum absolute atomic E-state index is 4.80. The summed E-state index contributed by atoms with van der Waals surface area (Å²) in [6.45, 7) is 22.2. The van der Waals surface area contributed by atoms with Crippen LogP contribution in [0.4, 0.5) is 5.82 Å². The van der Waals surface area contributed by atoms with E-state index >= 15 is 0 Å². The van der Waals surface area contributed by atoms with Gasteiger partial charge in [0, 0.05) is 64.1 Å². The van der Waals surface area contributed by atoms with Gasteiger partial charge in [0.2, 0.25) is 0 Å². The number of anilines is 1. The van der Waals surface area contributed by atoms with Crippen LogP contribution < -0.4 is 15.5 Å². The monoisotopic (exact) mass is 545 g/mol. The lowest BCUT2D eigenvalue weighted by atomic mass is 10.2. The van der Waals surface area contributed by atoms with Gasteiger partial charge in [0.05, 0.1) is 6.54 Å². The third kappa shape index (κ3) is 9.49. The number of nitrogens with zero attached hydrogens (tertiary/aromatic N) is 5. The first kappa shape index (κ1) is 27.9. The van der Waals surface area contributed by atoms with Gasteiger partial charge in [-0.2, -0.15) is 0 Å². The average molecular weight is 546 g/mol. The second-order valence-electron chi connectivity index (χ2n) is 8.49. The second-order valence-corrected chi connectivity index (χ2v) is 8.49. The molecule has 1 aliphatic rings. The molecule has 178 valence electrons. The van der Waals surface area contributed by atoms with Gasteiger partial charge >= 0.3 is 0 Å². The van der Waals surface area contributed by atoms with Gasteiger partial charge in [-0.3, -0.25) is 4.90 Å². The van der Waals surface area contributed by atoms with Gasteiger partial charge in [-0.1, -0.05) is 6.92 Å². The fourth-order valence-corrected chi connectivity index (χ4v) is 3.95. The first-order valence-electron chi connectivity index (χ1n) is 11.6. The van der Waals surface area contributed by atoms with Crippen LogP contribution in [0.25, 0.3) is 0 Å². The third-order valence-corrected chi connectivity index (χ3v) is 5.71. The highest BCUT2D eigenvalue weighted by atomic mass is 127. The van der Waals surface area contributed by atoms with Crippen LogP contribution in [-0.4, -0.2) is 85.2 Å². The Labute approximate surface area is 207 Å². The fraction of sp³-hybridized carbons (Fsp3) is 0.739. The standard InChI is InChI=1S/C23H43N7.HI/c1-7-24-23(26-11-12-30(19(3)4)20(5)6)27-18-21-9-10-25-22(17-21)29-15-13-28(8-2)14-16-29;/h9-10,17,19-20H,7-8,11-16,18H2,1-6H3,(H2,24,26,27);1H. The summed E-state index contributed by atoms with van der Waals surface area (Å²) in [6, 6.07) is 5.34. The molecule has 0 atom stereocenters. The molecule has 1 aromatic rings. The summed E-state index contributed by atoms with van der Waals surface area (Å²) in [5, 5.41) is 6.85. The number of aliphatic imine (C=N–C) groups is 1. The first-order chi connectivity index (χ1) is 14.4. The average Bonchev–Trinajstić information content (AvgIpc) is 2.74. The SMILES string of the molecule is CCNC(=NCc1ccnc(N2CCN(CC)CC2)c1)NCCN(C(C)C)C(C)C.I. The number of hydrogen-bond acceptors (Lipinski definition) is 5. The van der Waals surface area contributed by atoms with Crippen molar-refractivity contribution in [1.29, 1.82) is 0 Å². The van der Waals surface area contributed by atoms with E-state index in [1.165, 1.54) is 5.56 Å². The number of aromatic nitrogens is 1. The van der Waals surface area contributed by atoms with Crippen LogP contribution in [0, 0.1) is 0 Å². The number of rotatable bonds is 10. The lowest BCUT2D eigenvalue weighted by Gasteiger charge is -2.34. The second kappa shape index (κ2) is 14.8. The molecule has 1 aromatic heterocycles. The molecule has 0 bridgehead atoms. The van der Waals surface area contributed by atoms with Crippen LogP contribution in [-0.2, 0) is 6.54 Å². The fourth-order valence-electron chi connectivity index (χ4n) is 3.95. The van der Waals surface area contributed by atoms with Crippen LogP contribution in [0.2, 0.25) is 0 Å². The molecule has 0 saturated carbocycles. The van der Waals surface area contributed by atoms with Crippen molar-refractivity contribution in [2.24, 2.45) is 4.99 Å². The van der Waals surface area contributed by atoms with Crippen molar-refractivity contribution in [2.75, 3.05) is 57.3 Å².